The highest BCUT2D eigenvalue weighted by Gasteiger charge is 2.16. The van der Waals surface area contributed by atoms with Crippen molar-refractivity contribution in [2.45, 2.75) is 13.8 Å². The standard InChI is InChI=1S/C11H12N6OS/c1-5-7-4-8(19-10(7)17(3)16-5)9(18)13-11-12-6(2)14-15-11/h4H,1-3H3,(H2,12,13,14,15,18). The van der Waals surface area contributed by atoms with Crippen LogP contribution in [0.2, 0.25) is 0 Å². The summed E-state index contributed by atoms with van der Waals surface area (Å²) in [6.07, 6.45) is 0. The molecule has 3 heterocycles. The maximum atomic E-state index is 12.1. The van der Waals surface area contributed by atoms with E-state index in [-0.39, 0.29) is 11.9 Å². The molecular formula is C11H12N6OS. The number of fused-ring (bicyclic) bond motifs is 1. The molecule has 3 aromatic rings. The van der Waals surface area contributed by atoms with E-state index in [1.807, 2.05) is 20.0 Å². The lowest BCUT2D eigenvalue weighted by atomic mass is 10.3. The number of aromatic amines is 1. The summed E-state index contributed by atoms with van der Waals surface area (Å²) in [4.78, 5) is 17.7. The largest absolute Gasteiger partial charge is 0.288 e. The summed E-state index contributed by atoms with van der Waals surface area (Å²) in [7, 11) is 1.87. The number of aromatic nitrogens is 5. The number of carbonyl (C=O) groups is 1. The van der Waals surface area contributed by atoms with E-state index in [9.17, 15) is 4.79 Å². The molecule has 3 rings (SSSR count). The molecule has 0 fully saturated rings. The van der Waals surface area contributed by atoms with Gasteiger partial charge in [0.15, 0.2) is 0 Å². The first-order valence-corrected chi connectivity index (χ1v) is 6.50. The zero-order valence-corrected chi connectivity index (χ0v) is 11.5. The second-order valence-electron chi connectivity index (χ2n) is 4.24. The van der Waals surface area contributed by atoms with Gasteiger partial charge in [0, 0.05) is 12.4 Å². The number of rotatable bonds is 2. The highest BCUT2D eigenvalue weighted by Crippen LogP contribution is 2.27. The predicted octanol–water partition coefficient (Wildman–Crippen LogP) is 1.62. The summed E-state index contributed by atoms with van der Waals surface area (Å²) in [6, 6.07) is 1.84. The average Bonchev–Trinajstić information content (AvgIpc) is 3.00. The number of hydrogen-bond acceptors (Lipinski definition) is 5. The molecule has 0 atom stereocenters. The number of nitrogens with one attached hydrogen (secondary N) is 2. The fourth-order valence-electron chi connectivity index (χ4n) is 1.88. The van der Waals surface area contributed by atoms with Crippen molar-refractivity contribution in [3.63, 3.8) is 0 Å². The second-order valence-corrected chi connectivity index (χ2v) is 5.27. The summed E-state index contributed by atoms with van der Waals surface area (Å²) < 4.78 is 1.78. The molecule has 0 aliphatic heterocycles. The Morgan fingerprint density at radius 1 is 1.47 bits per heavy atom. The number of H-pyrrole nitrogens is 1. The number of carbonyl (C=O) groups excluding carboxylic acids is 1. The number of hydrogen-bond donors (Lipinski definition) is 2. The van der Waals surface area contributed by atoms with Gasteiger partial charge in [0.25, 0.3) is 5.91 Å². The van der Waals surface area contributed by atoms with E-state index >= 15 is 0 Å². The normalized spacial score (nSPS) is 11.1. The van der Waals surface area contributed by atoms with Crippen LogP contribution in [0.5, 0.6) is 0 Å². The Morgan fingerprint density at radius 2 is 2.26 bits per heavy atom. The van der Waals surface area contributed by atoms with Crippen LogP contribution in [0.15, 0.2) is 6.07 Å². The minimum absolute atomic E-state index is 0.209. The maximum absolute atomic E-state index is 12.1. The number of aryl methyl sites for hydroxylation is 3. The molecule has 8 heteroatoms. The van der Waals surface area contributed by atoms with Crippen LogP contribution in [0.4, 0.5) is 5.95 Å². The SMILES string of the molecule is Cc1nc(NC(=O)c2cc3c(C)nn(C)c3s2)n[nH]1. The van der Waals surface area contributed by atoms with Crippen LogP contribution in [0, 0.1) is 13.8 Å². The quantitative estimate of drug-likeness (QED) is 0.744. The van der Waals surface area contributed by atoms with Crippen molar-refractivity contribution >= 4 is 33.4 Å². The number of amides is 1. The minimum Gasteiger partial charge on any atom is -0.288 e. The van der Waals surface area contributed by atoms with Crippen molar-refractivity contribution in [2.75, 3.05) is 5.32 Å². The van der Waals surface area contributed by atoms with Gasteiger partial charge in [0.05, 0.1) is 10.6 Å². The zero-order valence-electron chi connectivity index (χ0n) is 10.7. The van der Waals surface area contributed by atoms with Gasteiger partial charge in [-0.3, -0.25) is 19.9 Å². The van der Waals surface area contributed by atoms with Gasteiger partial charge in [0.2, 0.25) is 5.95 Å². The number of nitrogens with zero attached hydrogens (tertiary/aromatic N) is 4. The van der Waals surface area contributed by atoms with Gasteiger partial charge in [0.1, 0.15) is 10.7 Å². The van der Waals surface area contributed by atoms with Crippen LogP contribution in [0.1, 0.15) is 21.2 Å². The molecule has 3 aromatic heterocycles. The minimum atomic E-state index is -0.209. The molecule has 0 spiro atoms. The van der Waals surface area contributed by atoms with Gasteiger partial charge < -0.3 is 0 Å². The van der Waals surface area contributed by atoms with Gasteiger partial charge >= 0.3 is 0 Å². The molecule has 19 heavy (non-hydrogen) atoms. The van der Waals surface area contributed by atoms with E-state index in [0.29, 0.717) is 10.7 Å². The summed E-state index contributed by atoms with van der Waals surface area (Å²) in [5, 5.41) is 14.5. The van der Waals surface area contributed by atoms with Crippen LogP contribution in [0.3, 0.4) is 0 Å². The Bertz CT molecular complexity index is 733. The summed E-state index contributed by atoms with van der Waals surface area (Å²) in [5.74, 6) is 0.737. The van der Waals surface area contributed by atoms with Gasteiger partial charge in [-0.25, -0.2) is 0 Å². The Morgan fingerprint density at radius 3 is 2.89 bits per heavy atom. The second kappa shape index (κ2) is 4.16. The first-order chi connectivity index (χ1) is 9.04. The molecule has 0 aliphatic rings. The average molecular weight is 276 g/mol. The van der Waals surface area contributed by atoms with Crippen LogP contribution in [-0.2, 0) is 7.05 Å². The van der Waals surface area contributed by atoms with Crippen molar-refractivity contribution in [3.05, 3.63) is 22.5 Å². The molecule has 0 saturated heterocycles. The smallest absolute Gasteiger partial charge is 0.268 e. The lowest BCUT2D eigenvalue weighted by Crippen LogP contribution is -2.11. The van der Waals surface area contributed by atoms with E-state index in [0.717, 1.165) is 15.9 Å². The molecule has 0 unspecified atom stereocenters. The third-order valence-corrected chi connectivity index (χ3v) is 3.94. The third kappa shape index (κ3) is 1.99. The zero-order chi connectivity index (χ0) is 13.6. The van der Waals surface area contributed by atoms with E-state index < -0.39 is 0 Å². The number of thiophene rings is 1. The summed E-state index contributed by atoms with van der Waals surface area (Å²) in [5.41, 5.74) is 0.918. The van der Waals surface area contributed by atoms with Crippen molar-refractivity contribution in [2.24, 2.45) is 7.05 Å². The fourth-order valence-corrected chi connectivity index (χ4v) is 2.90. The molecular weight excluding hydrogens is 264 g/mol. The number of anilines is 1. The van der Waals surface area contributed by atoms with Crippen molar-refractivity contribution in [1.29, 1.82) is 0 Å². The van der Waals surface area contributed by atoms with E-state index in [1.165, 1.54) is 11.3 Å². The lowest BCUT2D eigenvalue weighted by molar-refractivity contribution is 0.103. The Kier molecular flexibility index (Phi) is 2.59. The molecule has 1 amide bonds. The van der Waals surface area contributed by atoms with Crippen molar-refractivity contribution < 1.29 is 4.79 Å². The van der Waals surface area contributed by atoms with Gasteiger partial charge in [-0.15, -0.1) is 16.4 Å². The molecule has 0 aliphatic carbocycles. The molecule has 0 radical (unpaired) electrons. The first kappa shape index (κ1) is 11.8. The fraction of sp³-hybridized carbons (Fsp3) is 0.273. The van der Waals surface area contributed by atoms with Crippen LogP contribution in [0.25, 0.3) is 10.2 Å². The highest BCUT2D eigenvalue weighted by atomic mass is 32.1. The van der Waals surface area contributed by atoms with Gasteiger partial charge in [-0.1, -0.05) is 0 Å². The lowest BCUT2D eigenvalue weighted by Gasteiger charge is -1.96. The topological polar surface area (TPSA) is 88.5 Å². The Balaban J connectivity index is 1.91. The molecule has 0 bridgehead atoms. The van der Waals surface area contributed by atoms with Crippen molar-refractivity contribution in [1.82, 2.24) is 25.0 Å². The van der Waals surface area contributed by atoms with E-state index in [4.69, 9.17) is 0 Å². The maximum Gasteiger partial charge on any atom is 0.268 e. The molecule has 98 valence electrons. The van der Waals surface area contributed by atoms with E-state index in [2.05, 4.69) is 25.6 Å². The summed E-state index contributed by atoms with van der Waals surface area (Å²) in [6.45, 7) is 3.70. The molecule has 0 aromatic carbocycles. The van der Waals surface area contributed by atoms with Gasteiger partial charge in [-0.05, 0) is 19.9 Å². The molecule has 7 nitrogen and oxygen atoms in total. The van der Waals surface area contributed by atoms with Crippen LogP contribution >= 0.6 is 11.3 Å². The first-order valence-electron chi connectivity index (χ1n) is 5.68. The van der Waals surface area contributed by atoms with E-state index in [1.54, 1.807) is 11.6 Å². The van der Waals surface area contributed by atoms with Gasteiger partial charge in [-0.2, -0.15) is 10.1 Å². The Labute approximate surface area is 112 Å². The van der Waals surface area contributed by atoms with Crippen LogP contribution < -0.4 is 5.32 Å². The summed E-state index contributed by atoms with van der Waals surface area (Å²) >= 11 is 1.40. The molecule has 0 saturated carbocycles. The van der Waals surface area contributed by atoms with Crippen LogP contribution in [-0.4, -0.2) is 30.9 Å². The predicted molar refractivity (Wildman–Crippen MR) is 72.4 cm³/mol. The molecule has 2 N–H and O–H groups in total. The Hall–Kier alpha value is -2.22. The highest BCUT2D eigenvalue weighted by molar-refractivity contribution is 7.20. The monoisotopic (exact) mass is 276 g/mol. The van der Waals surface area contributed by atoms with Crippen molar-refractivity contribution in [3.8, 4) is 0 Å². The third-order valence-electron chi connectivity index (χ3n) is 2.74.